The van der Waals surface area contributed by atoms with Gasteiger partial charge < -0.3 is 9.30 Å². The first-order valence-corrected chi connectivity index (χ1v) is 7.94. The van der Waals surface area contributed by atoms with E-state index in [1.165, 1.54) is 10.2 Å². The van der Waals surface area contributed by atoms with E-state index in [0.29, 0.717) is 6.61 Å². The predicted molar refractivity (Wildman–Crippen MR) is 91.6 cm³/mol. The highest BCUT2D eigenvalue weighted by atomic mass is 32.1. The number of benzene rings is 2. The minimum absolute atomic E-state index is 0.672. The molecule has 0 spiro atoms. The Morgan fingerprint density at radius 3 is 2.64 bits per heavy atom. The Bertz CT molecular complexity index is 859. The van der Waals surface area contributed by atoms with E-state index in [1.807, 2.05) is 50.4 Å². The van der Waals surface area contributed by atoms with E-state index in [0.717, 1.165) is 16.1 Å². The van der Waals surface area contributed by atoms with Gasteiger partial charge in [0.15, 0.2) is 0 Å². The van der Waals surface area contributed by atoms with Gasteiger partial charge in [-0.2, -0.15) is 5.10 Å². The van der Waals surface area contributed by atoms with Gasteiger partial charge >= 0.3 is 0 Å². The molecule has 0 aliphatic carbocycles. The number of rotatable bonds is 4. The van der Waals surface area contributed by atoms with Crippen molar-refractivity contribution in [2.75, 3.05) is 6.61 Å². The van der Waals surface area contributed by atoms with Gasteiger partial charge in [0.05, 0.1) is 23.0 Å². The van der Waals surface area contributed by atoms with E-state index in [1.54, 1.807) is 17.6 Å². The van der Waals surface area contributed by atoms with Crippen LogP contribution >= 0.6 is 11.3 Å². The molecule has 0 fully saturated rings. The molecule has 1 aromatic heterocycles. The van der Waals surface area contributed by atoms with Gasteiger partial charge in [-0.15, -0.1) is 5.10 Å². The molecule has 0 radical (unpaired) electrons. The molecule has 1 heterocycles. The number of aromatic nitrogens is 1. The van der Waals surface area contributed by atoms with Crippen LogP contribution in [0.1, 0.15) is 12.5 Å². The molecule has 0 aliphatic heterocycles. The Morgan fingerprint density at radius 2 is 1.91 bits per heavy atom. The molecule has 3 rings (SSSR count). The first-order valence-electron chi connectivity index (χ1n) is 7.12. The van der Waals surface area contributed by atoms with Gasteiger partial charge in [0.1, 0.15) is 5.75 Å². The van der Waals surface area contributed by atoms with Crippen LogP contribution in [-0.2, 0) is 7.05 Å². The molecule has 0 unspecified atom stereocenters. The first-order chi connectivity index (χ1) is 10.8. The van der Waals surface area contributed by atoms with E-state index in [4.69, 9.17) is 4.74 Å². The molecule has 22 heavy (non-hydrogen) atoms. The lowest BCUT2D eigenvalue weighted by molar-refractivity contribution is 0.340. The Hall–Kier alpha value is -2.40. The topological polar surface area (TPSA) is 38.9 Å². The molecule has 5 heteroatoms. The van der Waals surface area contributed by atoms with E-state index in [2.05, 4.69) is 26.9 Å². The normalized spacial score (nSPS) is 12.4. The van der Waals surface area contributed by atoms with Crippen molar-refractivity contribution in [1.29, 1.82) is 0 Å². The maximum atomic E-state index is 5.41. The van der Waals surface area contributed by atoms with E-state index in [9.17, 15) is 0 Å². The lowest BCUT2D eigenvalue weighted by Crippen LogP contribution is -2.08. The second-order valence-corrected chi connectivity index (χ2v) is 5.77. The average Bonchev–Trinajstić information content (AvgIpc) is 2.86. The van der Waals surface area contributed by atoms with Crippen LogP contribution in [0.4, 0.5) is 0 Å². The molecule has 0 aliphatic rings. The summed E-state index contributed by atoms with van der Waals surface area (Å²) in [4.78, 5) is 0.878. The molecule has 0 bridgehead atoms. The number of hydrogen-bond donors (Lipinski definition) is 0. The highest BCUT2D eigenvalue weighted by Gasteiger charge is 2.00. The van der Waals surface area contributed by atoms with Crippen LogP contribution in [0.2, 0.25) is 0 Å². The Morgan fingerprint density at radius 1 is 1.14 bits per heavy atom. The molecule has 112 valence electrons. The van der Waals surface area contributed by atoms with Crippen LogP contribution in [-0.4, -0.2) is 17.4 Å². The minimum Gasteiger partial charge on any atom is -0.494 e. The van der Waals surface area contributed by atoms with E-state index < -0.39 is 0 Å². The second kappa shape index (κ2) is 6.58. The summed E-state index contributed by atoms with van der Waals surface area (Å²) in [6.45, 7) is 2.64. The van der Waals surface area contributed by atoms with Crippen molar-refractivity contribution >= 4 is 27.8 Å². The number of para-hydroxylation sites is 1. The zero-order valence-corrected chi connectivity index (χ0v) is 13.4. The SMILES string of the molecule is CCOc1ccc(/C=N/N=c2\sc3ccccc3n2C)cc1. The summed E-state index contributed by atoms with van der Waals surface area (Å²) in [5.74, 6) is 0.868. The number of ether oxygens (including phenoxy) is 1. The summed E-state index contributed by atoms with van der Waals surface area (Å²) >= 11 is 1.63. The third kappa shape index (κ3) is 3.09. The van der Waals surface area contributed by atoms with Gasteiger partial charge in [-0.25, -0.2) is 0 Å². The molecule has 0 amide bonds. The highest BCUT2D eigenvalue weighted by Crippen LogP contribution is 2.15. The summed E-state index contributed by atoms with van der Waals surface area (Å²) in [6, 6.07) is 16.0. The van der Waals surface area contributed by atoms with Gasteiger partial charge in [-0.1, -0.05) is 23.5 Å². The molecular formula is C17H17N3OS. The summed E-state index contributed by atoms with van der Waals surface area (Å²) in [6.07, 6.45) is 1.75. The number of hydrogen-bond acceptors (Lipinski definition) is 4. The summed E-state index contributed by atoms with van der Waals surface area (Å²) in [5, 5.41) is 8.51. The van der Waals surface area contributed by atoms with Crippen molar-refractivity contribution in [1.82, 2.24) is 4.57 Å². The van der Waals surface area contributed by atoms with Gasteiger partial charge in [-0.3, -0.25) is 0 Å². The number of thiazole rings is 1. The fourth-order valence-electron chi connectivity index (χ4n) is 2.14. The van der Waals surface area contributed by atoms with Crippen molar-refractivity contribution < 1.29 is 4.74 Å². The fourth-order valence-corrected chi connectivity index (χ4v) is 3.12. The fraction of sp³-hybridized carbons (Fsp3) is 0.176. The Kier molecular flexibility index (Phi) is 4.34. The summed E-state index contributed by atoms with van der Waals surface area (Å²) in [5.41, 5.74) is 2.17. The van der Waals surface area contributed by atoms with Gasteiger partial charge in [0.2, 0.25) is 4.80 Å². The molecule has 3 aromatic rings. The first kappa shape index (κ1) is 14.5. The monoisotopic (exact) mass is 311 g/mol. The van der Waals surface area contributed by atoms with Crippen molar-refractivity contribution in [3.05, 3.63) is 58.9 Å². The lowest BCUT2D eigenvalue weighted by Gasteiger charge is -2.01. The van der Waals surface area contributed by atoms with Gasteiger partial charge in [0.25, 0.3) is 0 Å². The average molecular weight is 311 g/mol. The predicted octanol–water partition coefficient (Wildman–Crippen LogP) is 3.57. The van der Waals surface area contributed by atoms with Crippen LogP contribution in [0.15, 0.2) is 58.7 Å². The lowest BCUT2D eigenvalue weighted by atomic mass is 10.2. The second-order valence-electron chi connectivity index (χ2n) is 4.76. The van der Waals surface area contributed by atoms with Crippen molar-refractivity contribution in [2.24, 2.45) is 17.3 Å². The third-order valence-electron chi connectivity index (χ3n) is 3.26. The van der Waals surface area contributed by atoms with Gasteiger partial charge in [0, 0.05) is 7.05 Å². The largest absolute Gasteiger partial charge is 0.494 e. The molecule has 0 saturated carbocycles. The van der Waals surface area contributed by atoms with Crippen molar-refractivity contribution in [3.8, 4) is 5.75 Å². The molecular weight excluding hydrogens is 294 g/mol. The van der Waals surface area contributed by atoms with Crippen LogP contribution in [0, 0.1) is 0 Å². The number of fused-ring (bicyclic) bond motifs is 1. The molecule has 2 aromatic carbocycles. The maximum absolute atomic E-state index is 5.41. The highest BCUT2D eigenvalue weighted by molar-refractivity contribution is 7.16. The molecule has 0 N–H and O–H groups in total. The zero-order valence-electron chi connectivity index (χ0n) is 12.6. The Labute approximate surface area is 133 Å². The quantitative estimate of drug-likeness (QED) is 0.536. The summed E-state index contributed by atoms with van der Waals surface area (Å²) in [7, 11) is 2.00. The third-order valence-corrected chi connectivity index (χ3v) is 4.36. The Balaban J connectivity index is 1.84. The molecule has 4 nitrogen and oxygen atoms in total. The van der Waals surface area contributed by atoms with Crippen molar-refractivity contribution in [2.45, 2.75) is 6.92 Å². The van der Waals surface area contributed by atoms with E-state index >= 15 is 0 Å². The van der Waals surface area contributed by atoms with Crippen LogP contribution < -0.4 is 9.54 Å². The van der Waals surface area contributed by atoms with Crippen molar-refractivity contribution in [3.63, 3.8) is 0 Å². The maximum Gasteiger partial charge on any atom is 0.211 e. The minimum atomic E-state index is 0.672. The standard InChI is InChI=1S/C17H17N3OS/c1-3-21-14-10-8-13(9-11-14)12-18-19-17-20(2)15-6-4-5-7-16(15)22-17/h4-12H,3H2,1-2H3/b18-12+,19-17-. The number of aryl methyl sites for hydroxylation is 1. The number of nitrogens with zero attached hydrogens (tertiary/aromatic N) is 3. The van der Waals surface area contributed by atoms with Crippen LogP contribution in [0.3, 0.4) is 0 Å². The van der Waals surface area contributed by atoms with E-state index in [-0.39, 0.29) is 0 Å². The smallest absolute Gasteiger partial charge is 0.211 e. The zero-order chi connectivity index (χ0) is 15.4. The van der Waals surface area contributed by atoms with Crippen LogP contribution in [0.5, 0.6) is 5.75 Å². The molecule has 0 saturated heterocycles. The van der Waals surface area contributed by atoms with Gasteiger partial charge in [-0.05, 0) is 48.9 Å². The van der Waals surface area contributed by atoms with Crippen LogP contribution in [0.25, 0.3) is 10.2 Å². The summed E-state index contributed by atoms with van der Waals surface area (Å²) < 4.78 is 8.67. The molecule has 0 atom stereocenters.